The van der Waals surface area contributed by atoms with Gasteiger partial charge in [-0.25, -0.2) is 9.97 Å². The molecule has 2 heterocycles. The van der Waals surface area contributed by atoms with E-state index in [1.165, 1.54) is 59.0 Å². The van der Waals surface area contributed by atoms with Gasteiger partial charge in [0, 0.05) is 34.0 Å². The molecule has 4 bridgehead atoms. The van der Waals surface area contributed by atoms with Crippen molar-refractivity contribution in [2.75, 3.05) is 0 Å². The summed E-state index contributed by atoms with van der Waals surface area (Å²) in [6, 6.07) is 9.40. The Hall–Kier alpha value is -1.96. The van der Waals surface area contributed by atoms with Crippen LogP contribution in [0.3, 0.4) is 0 Å². The summed E-state index contributed by atoms with van der Waals surface area (Å²) in [7, 11) is 0. The fourth-order valence-corrected chi connectivity index (χ4v) is 7.10. The average Bonchev–Trinajstić information content (AvgIpc) is 2.69. The van der Waals surface area contributed by atoms with E-state index in [0.717, 1.165) is 22.9 Å². The first-order valence-electron chi connectivity index (χ1n) is 11.1. The molecule has 9 rings (SSSR count). The Labute approximate surface area is 166 Å². The Morgan fingerprint density at radius 1 is 0.714 bits per heavy atom. The predicted octanol–water partition coefficient (Wildman–Crippen LogP) is 6.15. The lowest BCUT2D eigenvalue weighted by Crippen LogP contribution is -2.48. The second-order valence-corrected chi connectivity index (χ2v) is 11.3. The second kappa shape index (κ2) is 4.61. The molecule has 0 N–H and O–H groups in total. The predicted molar refractivity (Wildman–Crippen MR) is 114 cm³/mol. The monoisotopic (exact) mass is 368 g/mol. The quantitative estimate of drug-likeness (QED) is 0.444. The van der Waals surface area contributed by atoms with Crippen LogP contribution in [0, 0.1) is 22.7 Å². The molecule has 0 aliphatic heterocycles. The molecule has 28 heavy (non-hydrogen) atoms. The third-order valence-electron chi connectivity index (χ3n) is 9.53. The molecule has 0 radical (unpaired) electrons. The highest BCUT2D eigenvalue weighted by Crippen LogP contribution is 2.63. The van der Waals surface area contributed by atoms with Crippen LogP contribution >= 0.6 is 0 Å². The van der Waals surface area contributed by atoms with Crippen LogP contribution in [0.2, 0.25) is 0 Å². The van der Waals surface area contributed by atoms with Crippen LogP contribution in [0.25, 0.3) is 21.8 Å². The second-order valence-electron chi connectivity index (χ2n) is 11.3. The lowest BCUT2D eigenvalue weighted by molar-refractivity contribution is 0.0156. The Bertz CT molecular complexity index is 1110. The highest BCUT2D eigenvalue weighted by molar-refractivity contribution is 6.03. The van der Waals surface area contributed by atoms with Crippen LogP contribution in [0.15, 0.2) is 24.3 Å². The summed E-state index contributed by atoms with van der Waals surface area (Å²) < 4.78 is 0. The number of hydrogen-bond acceptors (Lipinski definition) is 2. The fourth-order valence-electron chi connectivity index (χ4n) is 7.10. The molecule has 142 valence electrons. The third kappa shape index (κ3) is 1.68. The fraction of sp³-hybridized carbons (Fsp3) is 0.538. The van der Waals surface area contributed by atoms with E-state index in [-0.39, 0.29) is 0 Å². The molecule has 2 saturated carbocycles. The Morgan fingerprint density at radius 2 is 1.14 bits per heavy atom. The van der Waals surface area contributed by atoms with Crippen molar-refractivity contribution in [3.05, 3.63) is 46.8 Å². The minimum atomic E-state index is 0.413. The Morgan fingerprint density at radius 3 is 1.54 bits per heavy atom. The smallest absolute Gasteiger partial charge is 0.0968 e. The molecule has 2 heteroatoms. The van der Waals surface area contributed by atoms with Gasteiger partial charge in [-0.05, 0) is 71.6 Å². The summed E-state index contributed by atoms with van der Waals surface area (Å²) >= 11 is 0. The first-order chi connectivity index (χ1) is 13.3. The van der Waals surface area contributed by atoms with E-state index in [0.29, 0.717) is 22.7 Å². The molecular formula is C26H28N2. The summed E-state index contributed by atoms with van der Waals surface area (Å²) in [5, 5.41) is 2.55. The number of benzene rings is 1. The highest BCUT2D eigenvalue weighted by atomic mass is 14.8. The van der Waals surface area contributed by atoms with Gasteiger partial charge in [0.2, 0.25) is 0 Å². The standard InChI is InChI=1S/C26H28N2/c1-25(2)17-9-15-7-13-5-6-14-8-16-10-18-12-20(26(18,3)4)22(16)28-24(14)23(13)27-21(15)19(25)11-17/h5-8,17-20H,9-12H2,1-4H3/t17-,18-,19-,20-/m0/s1. The number of hydrogen-bond donors (Lipinski definition) is 0. The van der Waals surface area contributed by atoms with Gasteiger partial charge in [0.25, 0.3) is 0 Å². The molecule has 4 atom stereocenters. The minimum absolute atomic E-state index is 0.413. The van der Waals surface area contributed by atoms with Crippen molar-refractivity contribution in [2.24, 2.45) is 22.7 Å². The number of nitrogens with zero attached hydrogens (tertiary/aromatic N) is 2. The molecule has 3 aromatic rings. The first kappa shape index (κ1) is 15.9. The van der Waals surface area contributed by atoms with Crippen molar-refractivity contribution in [2.45, 2.75) is 65.2 Å². The number of rotatable bonds is 0. The van der Waals surface area contributed by atoms with Crippen molar-refractivity contribution in [3.8, 4) is 0 Å². The molecule has 0 spiro atoms. The van der Waals surface area contributed by atoms with Gasteiger partial charge in [0.05, 0.1) is 11.0 Å². The zero-order valence-electron chi connectivity index (χ0n) is 17.3. The van der Waals surface area contributed by atoms with E-state index < -0.39 is 0 Å². The molecule has 0 amide bonds. The van der Waals surface area contributed by atoms with Crippen molar-refractivity contribution in [1.29, 1.82) is 0 Å². The van der Waals surface area contributed by atoms with Crippen molar-refractivity contribution >= 4 is 21.8 Å². The van der Waals surface area contributed by atoms with Gasteiger partial charge in [-0.1, -0.05) is 39.8 Å². The maximum absolute atomic E-state index is 5.32. The van der Waals surface area contributed by atoms with E-state index >= 15 is 0 Å². The molecule has 2 aromatic heterocycles. The van der Waals surface area contributed by atoms with E-state index in [2.05, 4.69) is 52.0 Å². The molecule has 0 unspecified atom stereocenters. The lowest BCUT2D eigenvalue weighted by Gasteiger charge is -2.56. The lowest BCUT2D eigenvalue weighted by atomic mass is 9.48. The molecular weight excluding hydrogens is 340 g/mol. The summed E-state index contributed by atoms with van der Waals surface area (Å²) in [6.45, 7) is 9.75. The average molecular weight is 369 g/mol. The third-order valence-corrected chi connectivity index (χ3v) is 9.53. The number of aromatic nitrogens is 2. The van der Waals surface area contributed by atoms with Gasteiger partial charge in [0.15, 0.2) is 0 Å². The van der Waals surface area contributed by atoms with Crippen molar-refractivity contribution in [3.63, 3.8) is 0 Å². The zero-order chi connectivity index (χ0) is 19.0. The van der Waals surface area contributed by atoms with Crippen LogP contribution in [-0.2, 0) is 12.8 Å². The van der Waals surface area contributed by atoms with E-state index in [9.17, 15) is 0 Å². The molecule has 1 aromatic carbocycles. The van der Waals surface area contributed by atoms with Crippen molar-refractivity contribution in [1.82, 2.24) is 9.97 Å². The van der Waals surface area contributed by atoms with Gasteiger partial charge in [-0.2, -0.15) is 0 Å². The minimum Gasteiger partial charge on any atom is -0.250 e. The maximum Gasteiger partial charge on any atom is 0.0968 e. The van der Waals surface area contributed by atoms with Gasteiger partial charge in [0.1, 0.15) is 0 Å². The summed E-state index contributed by atoms with van der Waals surface area (Å²) in [6.07, 6.45) is 5.05. The summed E-state index contributed by atoms with van der Waals surface area (Å²) in [5.74, 6) is 2.93. The normalized spacial score (nSPS) is 33.0. The van der Waals surface area contributed by atoms with Gasteiger partial charge in [-0.15, -0.1) is 0 Å². The maximum atomic E-state index is 5.32. The SMILES string of the molecule is CC1(C)[C@H]2Cc3cc4ccc5cc6c(nc5c4nc3[C@@H]1C2)[C@@H]1C[C@H](C6)C1(C)C. The van der Waals surface area contributed by atoms with Crippen LogP contribution < -0.4 is 0 Å². The van der Waals surface area contributed by atoms with Crippen LogP contribution in [-0.4, -0.2) is 9.97 Å². The number of fused-ring (bicyclic) bond motifs is 3. The first-order valence-corrected chi connectivity index (χ1v) is 11.1. The van der Waals surface area contributed by atoms with Crippen molar-refractivity contribution < 1.29 is 0 Å². The van der Waals surface area contributed by atoms with Crippen LogP contribution in [0.4, 0.5) is 0 Å². The van der Waals surface area contributed by atoms with Gasteiger partial charge >= 0.3 is 0 Å². The largest absolute Gasteiger partial charge is 0.250 e. The Balaban J connectivity index is 1.49. The molecule has 0 saturated heterocycles. The summed E-state index contributed by atoms with van der Waals surface area (Å²) in [5.41, 5.74) is 8.83. The van der Waals surface area contributed by atoms with E-state index in [1.807, 2.05) is 0 Å². The molecule has 2 fully saturated rings. The van der Waals surface area contributed by atoms with Crippen LogP contribution in [0.5, 0.6) is 0 Å². The highest BCUT2D eigenvalue weighted by Gasteiger charge is 2.54. The van der Waals surface area contributed by atoms with E-state index in [1.54, 1.807) is 0 Å². The van der Waals surface area contributed by atoms with E-state index in [4.69, 9.17) is 9.97 Å². The molecule has 2 nitrogen and oxygen atoms in total. The zero-order valence-corrected chi connectivity index (χ0v) is 17.3. The molecule has 6 aliphatic carbocycles. The summed E-state index contributed by atoms with van der Waals surface area (Å²) in [4.78, 5) is 10.6. The Kier molecular flexibility index (Phi) is 2.62. The van der Waals surface area contributed by atoms with Gasteiger partial charge in [-0.3, -0.25) is 0 Å². The number of pyridine rings is 2. The molecule has 6 aliphatic rings. The van der Waals surface area contributed by atoms with Gasteiger partial charge < -0.3 is 0 Å². The topological polar surface area (TPSA) is 25.8 Å². The van der Waals surface area contributed by atoms with Crippen LogP contribution in [0.1, 0.15) is 74.9 Å².